The minimum atomic E-state index is -0.0311. The van der Waals surface area contributed by atoms with Crippen molar-refractivity contribution in [3.8, 4) is 0 Å². The van der Waals surface area contributed by atoms with Crippen molar-refractivity contribution < 1.29 is 4.79 Å². The number of allylic oxidation sites excluding steroid dienone is 2. The number of piperidine rings is 1. The third kappa shape index (κ3) is 5.79. The Morgan fingerprint density at radius 2 is 1.97 bits per heavy atom. The normalized spacial score (nSPS) is 23.1. The monoisotopic (exact) mass is 403 g/mol. The number of nitrogens with one attached hydrogen (secondary N) is 1. The Morgan fingerprint density at radius 3 is 2.73 bits per heavy atom. The van der Waals surface area contributed by atoms with Crippen LogP contribution in [0.25, 0.3) is 0 Å². The molecule has 0 saturated carbocycles. The van der Waals surface area contributed by atoms with Crippen molar-refractivity contribution in [1.82, 2.24) is 15.2 Å². The minimum Gasteiger partial charge on any atom is -0.347 e. The molecule has 1 N–H and O–H groups in total. The third-order valence-electron chi connectivity index (χ3n) is 6.44. The maximum absolute atomic E-state index is 12.9. The molecule has 2 aliphatic rings. The molecule has 1 aliphatic carbocycles. The largest absolute Gasteiger partial charge is 0.347 e. The quantitative estimate of drug-likeness (QED) is 0.690. The van der Waals surface area contributed by atoms with E-state index in [-0.39, 0.29) is 11.9 Å². The van der Waals surface area contributed by atoms with E-state index in [9.17, 15) is 4.79 Å². The zero-order chi connectivity index (χ0) is 20.6. The predicted molar refractivity (Wildman–Crippen MR) is 121 cm³/mol. The Labute approximate surface area is 180 Å². The molecule has 0 bridgehead atoms. The van der Waals surface area contributed by atoms with E-state index >= 15 is 0 Å². The van der Waals surface area contributed by atoms with Gasteiger partial charge in [0.05, 0.1) is 18.2 Å². The Bertz CT molecular complexity index is 821. The zero-order valence-electron chi connectivity index (χ0n) is 17.7. The number of amides is 1. The second-order valence-electron chi connectivity index (χ2n) is 8.77. The summed E-state index contributed by atoms with van der Waals surface area (Å²) in [6.45, 7) is 3.38. The number of hydrogen-bond donors (Lipinski definition) is 1. The smallest absolute Gasteiger partial charge is 0.224 e. The first-order chi connectivity index (χ1) is 14.8. The highest BCUT2D eigenvalue weighted by Gasteiger charge is 2.31. The third-order valence-corrected chi connectivity index (χ3v) is 6.44. The first kappa shape index (κ1) is 20.8. The summed E-state index contributed by atoms with van der Waals surface area (Å²) in [6, 6.07) is 16.0. The molecule has 1 aliphatic heterocycles. The highest BCUT2D eigenvalue weighted by molar-refractivity contribution is 5.79. The molecule has 0 spiro atoms. The lowest BCUT2D eigenvalue weighted by atomic mass is 9.86. The minimum absolute atomic E-state index is 0.0311. The van der Waals surface area contributed by atoms with Gasteiger partial charge in [-0.2, -0.15) is 0 Å². The van der Waals surface area contributed by atoms with Crippen molar-refractivity contribution in [3.63, 3.8) is 0 Å². The Morgan fingerprint density at radius 1 is 1.10 bits per heavy atom. The topological polar surface area (TPSA) is 45.2 Å². The average molecular weight is 404 g/mol. The van der Waals surface area contributed by atoms with Crippen molar-refractivity contribution in [1.29, 1.82) is 0 Å². The molecular weight excluding hydrogens is 370 g/mol. The van der Waals surface area contributed by atoms with E-state index in [4.69, 9.17) is 0 Å². The molecule has 2 heterocycles. The van der Waals surface area contributed by atoms with Crippen molar-refractivity contribution in [2.24, 2.45) is 11.8 Å². The highest BCUT2D eigenvalue weighted by atomic mass is 16.1. The Hall–Kier alpha value is -2.46. The van der Waals surface area contributed by atoms with Crippen molar-refractivity contribution in [2.75, 3.05) is 19.6 Å². The van der Waals surface area contributed by atoms with Crippen molar-refractivity contribution in [3.05, 3.63) is 78.1 Å². The molecule has 3 atom stereocenters. The molecule has 4 heteroatoms. The summed E-state index contributed by atoms with van der Waals surface area (Å²) in [5.41, 5.74) is 2.02. The van der Waals surface area contributed by atoms with Crippen molar-refractivity contribution >= 4 is 5.91 Å². The van der Waals surface area contributed by atoms with Gasteiger partial charge >= 0.3 is 0 Å². The first-order valence-electron chi connectivity index (χ1n) is 11.4. The summed E-state index contributed by atoms with van der Waals surface area (Å²) in [4.78, 5) is 20.1. The first-order valence-corrected chi connectivity index (χ1v) is 11.4. The summed E-state index contributed by atoms with van der Waals surface area (Å²) in [5.74, 6) is 1.24. The number of nitrogens with zero attached hydrogens (tertiary/aromatic N) is 2. The average Bonchev–Trinajstić information content (AvgIpc) is 2.80. The Balaban J connectivity index is 1.43. The molecule has 1 aromatic carbocycles. The Kier molecular flexibility index (Phi) is 7.30. The van der Waals surface area contributed by atoms with Crippen LogP contribution in [0.4, 0.5) is 0 Å². The van der Waals surface area contributed by atoms with Crippen molar-refractivity contribution in [2.45, 2.75) is 44.6 Å². The lowest BCUT2D eigenvalue weighted by Crippen LogP contribution is -2.45. The van der Waals surface area contributed by atoms with Crippen LogP contribution < -0.4 is 5.32 Å². The predicted octanol–water partition coefficient (Wildman–Crippen LogP) is 4.55. The molecule has 4 rings (SSSR count). The number of aromatic nitrogens is 1. The van der Waals surface area contributed by atoms with Gasteiger partial charge in [-0.05, 0) is 68.2 Å². The second-order valence-corrected chi connectivity index (χ2v) is 8.77. The van der Waals surface area contributed by atoms with Crippen LogP contribution in [0, 0.1) is 11.8 Å². The zero-order valence-corrected chi connectivity index (χ0v) is 17.7. The fraction of sp³-hybridized carbons (Fsp3) is 0.462. The summed E-state index contributed by atoms with van der Waals surface area (Å²) < 4.78 is 0. The van der Waals surface area contributed by atoms with E-state index in [2.05, 4.69) is 33.4 Å². The van der Waals surface area contributed by atoms with Crippen LogP contribution >= 0.6 is 0 Å². The number of carbonyl (C=O) groups excluding carboxylic acids is 1. The maximum atomic E-state index is 12.9. The molecule has 30 heavy (non-hydrogen) atoms. The van der Waals surface area contributed by atoms with Gasteiger partial charge in [0.1, 0.15) is 0 Å². The van der Waals surface area contributed by atoms with Gasteiger partial charge in [0.2, 0.25) is 5.91 Å². The van der Waals surface area contributed by atoms with E-state index in [1.807, 2.05) is 48.7 Å². The summed E-state index contributed by atoms with van der Waals surface area (Å²) in [7, 11) is 0. The molecule has 1 aromatic heterocycles. The molecule has 2 aromatic rings. The molecule has 4 nitrogen and oxygen atoms in total. The molecule has 1 amide bonds. The van der Waals surface area contributed by atoms with E-state index in [1.54, 1.807) is 0 Å². The number of rotatable bonds is 7. The maximum Gasteiger partial charge on any atom is 0.224 e. The van der Waals surface area contributed by atoms with Crippen LogP contribution in [-0.4, -0.2) is 35.4 Å². The molecule has 1 saturated heterocycles. The number of likely N-dealkylation sites (tertiary alicyclic amines) is 1. The summed E-state index contributed by atoms with van der Waals surface area (Å²) in [6.07, 6.45) is 12.9. The molecular formula is C26H33N3O. The number of pyridine rings is 1. The number of carbonyl (C=O) groups is 1. The van der Waals surface area contributed by atoms with Crippen LogP contribution in [-0.2, 0) is 11.2 Å². The van der Waals surface area contributed by atoms with Crippen LogP contribution in [0.15, 0.2) is 66.9 Å². The van der Waals surface area contributed by atoms with E-state index < -0.39 is 0 Å². The van der Waals surface area contributed by atoms with Gasteiger partial charge in [-0.1, -0.05) is 48.6 Å². The van der Waals surface area contributed by atoms with Gasteiger partial charge in [0.15, 0.2) is 0 Å². The van der Waals surface area contributed by atoms with Gasteiger partial charge in [-0.3, -0.25) is 9.78 Å². The molecule has 0 radical (unpaired) electrons. The fourth-order valence-corrected chi connectivity index (χ4v) is 4.92. The molecule has 158 valence electrons. The van der Waals surface area contributed by atoms with Gasteiger partial charge in [0, 0.05) is 19.3 Å². The van der Waals surface area contributed by atoms with Crippen LogP contribution in [0.2, 0.25) is 0 Å². The number of benzene rings is 1. The second kappa shape index (κ2) is 10.5. The van der Waals surface area contributed by atoms with E-state index in [0.717, 1.165) is 30.1 Å². The molecule has 1 fully saturated rings. The lowest BCUT2D eigenvalue weighted by molar-refractivity contribution is -0.121. The van der Waals surface area contributed by atoms with Gasteiger partial charge < -0.3 is 10.2 Å². The van der Waals surface area contributed by atoms with E-state index in [0.29, 0.717) is 12.3 Å². The van der Waals surface area contributed by atoms with Crippen LogP contribution in [0.1, 0.15) is 49.4 Å². The van der Waals surface area contributed by atoms with Crippen LogP contribution in [0.3, 0.4) is 0 Å². The number of hydrogen-bond acceptors (Lipinski definition) is 3. The summed E-state index contributed by atoms with van der Waals surface area (Å²) >= 11 is 0. The van der Waals surface area contributed by atoms with E-state index in [1.165, 1.54) is 38.8 Å². The molecule has 3 unspecified atom stereocenters. The fourth-order valence-electron chi connectivity index (χ4n) is 4.92. The van der Waals surface area contributed by atoms with Gasteiger partial charge in [-0.25, -0.2) is 0 Å². The van der Waals surface area contributed by atoms with Gasteiger partial charge in [-0.15, -0.1) is 0 Å². The summed E-state index contributed by atoms with van der Waals surface area (Å²) in [5, 5.41) is 3.34. The highest BCUT2D eigenvalue weighted by Crippen LogP contribution is 2.30. The lowest BCUT2D eigenvalue weighted by Gasteiger charge is -2.38. The SMILES string of the molecule is O=C(Cc1ccccc1)NC(c1ccccn1)C1CCCN(CC2CC=CCC2)C1. The van der Waals surface area contributed by atoms with Gasteiger partial charge in [0.25, 0.3) is 0 Å². The van der Waals surface area contributed by atoms with Crippen LogP contribution in [0.5, 0.6) is 0 Å². The standard InChI is InChI=1S/C26H33N3O/c30-25(18-21-10-3-1-4-11-21)28-26(24-15-7-8-16-27-24)23-14-9-17-29(20-23)19-22-12-5-2-6-13-22/h1-5,7-8,10-11,15-16,22-23,26H,6,9,12-14,17-20H2,(H,28,30).